The third-order valence-electron chi connectivity index (χ3n) is 2.89. The van der Waals surface area contributed by atoms with E-state index < -0.39 is 10.0 Å². The molecule has 20 heavy (non-hydrogen) atoms. The third-order valence-corrected chi connectivity index (χ3v) is 6.12. The van der Waals surface area contributed by atoms with Crippen molar-refractivity contribution in [3.8, 4) is 0 Å². The van der Waals surface area contributed by atoms with Gasteiger partial charge in [-0.05, 0) is 66.1 Å². The smallest absolute Gasteiger partial charge is 0.250 e. The average Bonchev–Trinajstić information content (AvgIpc) is 2.83. The van der Waals surface area contributed by atoms with E-state index in [1.54, 1.807) is 6.07 Å². The third kappa shape index (κ3) is 5.88. The molecule has 1 atom stereocenters. The van der Waals surface area contributed by atoms with Gasteiger partial charge in [0, 0.05) is 10.9 Å². The first kappa shape index (κ1) is 17.6. The molecular formula is C13H25N3O2S2. The maximum Gasteiger partial charge on any atom is 0.250 e. The Balaban J connectivity index is 2.61. The predicted molar refractivity (Wildman–Crippen MR) is 84.9 cm³/mol. The molecule has 2 N–H and O–H groups in total. The van der Waals surface area contributed by atoms with E-state index >= 15 is 0 Å². The Morgan fingerprint density at radius 1 is 1.35 bits per heavy atom. The fraction of sp³-hybridized carbons (Fsp3) is 0.692. The zero-order chi connectivity index (χ0) is 15.2. The summed E-state index contributed by atoms with van der Waals surface area (Å²) in [5, 5.41) is 3.06. The summed E-state index contributed by atoms with van der Waals surface area (Å²) in [5.41, 5.74) is 0. The van der Waals surface area contributed by atoms with Gasteiger partial charge in [0.1, 0.15) is 4.21 Å². The summed E-state index contributed by atoms with van der Waals surface area (Å²) in [4.78, 5) is 3.13. The van der Waals surface area contributed by atoms with Crippen LogP contribution in [0.5, 0.6) is 0 Å². The van der Waals surface area contributed by atoms with Crippen molar-refractivity contribution in [2.75, 3.05) is 34.2 Å². The molecule has 1 heterocycles. The fourth-order valence-corrected chi connectivity index (χ4v) is 4.37. The van der Waals surface area contributed by atoms with Crippen LogP contribution in [0.1, 0.15) is 18.2 Å². The summed E-state index contributed by atoms with van der Waals surface area (Å²) >= 11 is 1.35. The van der Waals surface area contributed by atoms with Crippen LogP contribution >= 0.6 is 11.3 Å². The molecule has 0 saturated carbocycles. The van der Waals surface area contributed by atoms with E-state index in [1.165, 1.54) is 11.3 Å². The summed E-state index contributed by atoms with van der Waals surface area (Å²) in [6.45, 7) is 3.62. The summed E-state index contributed by atoms with van der Waals surface area (Å²) in [6, 6.07) is 3.52. The minimum Gasteiger partial charge on any atom is -0.319 e. The predicted octanol–water partition coefficient (Wildman–Crippen LogP) is 1.13. The van der Waals surface area contributed by atoms with Crippen LogP contribution in [0.3, 0.4) is 0 Å². The van der Waals surface area contributed by atoms with Gasteiger partial charge < -0.3 is 10.2 Å². The minimum atomic E-state index is -3.38. The summed E-state index contributed by atoms with van der Waals surface area (Å²) in [7, 11) is 2.47. The van der Waals surface area contributed by atoms with Gasteiger partial charge in [-0.2, -0.15) is 0 Å². The monoisotopic (exact) mass is 319 g/mol. The van der Waals surface area contributed by atoms with Crippen LogP contribution in [0.25, 0.3) is 0 Å². The molecule has 116 valence electrons. The lowest BCUT2D eigenvalue weighted by Crippen LogP contribution is -2.34. The molecule has 1 aromatic rings. The molecule has 0 spiro atoms. The Hall–Kier alpha value is -0.470. The Labute approximate surface area is 126 Å². The topological polar surface area (TPSA) is 61.4 Å². The summed E-state index contributed by atoms with van der Waals surface area (Å²) < 4.78 is 27.6. The van der Waals surface area contributed by atoms with Crippen molar-refractivity contribution in [1.29, 1.82) is 0 Å². The van der Waals surface area contributed by atoms with Gasteiger partial charge in [-0.15, -0.1) is 11.3 Å². The molecule has 1 rings (SSSR count). The van der Waals surface area contributed by atoms with E-state index in [9.17, 15) is 8.42 Å². The molecule has 0 amide bonds. The number of rotatable bonds is 9. The van der Waals surface area contributed by atoms with Crippen LogP contribution < -0.4 is 10.0 Å². The van der Waals surface area contributed by atoms with Crippen molar-refractivity contribution in [3.05, 3.63) is 17.0 Å². The average molecular weight is 319 g/mol. The first-order chi connectivity index (χ1) is 9.35. The number of hydrogen-bond acceptors (Lipinski definition) is 5. The highest BCUT2D eigenvalue weighted by Gasteiger charge is 2.19. The van der Waals surface area contributed by atoms with Gasteiger partial charge in [0.25, 0.3) is 0 Å². The van der Waals surface area contributed by atoms with Gasteiger partial charge >= 0.3 is 0 Å². The number of nitrogens with one attached hydrogen (secondary N) is 2. The second kappa shape index (κ2) is 8.09. The molecule has 1 unspecified atom stereocenters. The van der Waals surface area contributed by atoms with Crippen LogP contribution in [-0.4, -0.2) is 53.6 Å². The van der Waals surface area contributed by atoms with Crippen LogP contribution in [0, 0.1) is 0 Å². The first-order valence-electron chi connectivity index (χ1n) is 6.75. The van der Waals surface area contributed by atoms with E-state index in [1.807, 2.05) is 39.0 Å². The van der Waals surface area contributed by atoms with Crippen molar-refractivity contribution in [3.63, 3.8) is 0 Å². The highest BCUT2D eigenvalue weighted by Crippen LogP contribution is 2.22. The molecule has 0 aliphatic rings. The summed E-state index contributed by atoms with van der Waals surface area (Å²) in [6.07, 6.45) is 1.65. The van der Waals surface area contributed by atoms with Crippen molar-refractivity contribution in [2.24, 2.45) is 0 Å². The molecule has 0 bridgehead atoms. The molecular weight excluding hydrogens is 294 g/mol. The molecule has 0 aromatic carbocycles. The molecule has 0 fully saturated rings. The van der Waals surface area contributed by atoms with Crippen LogP contribution in [0.2, 0.25) is 0 Å². The molecule has 7 heteroatoms. The molecule has 0 aliphatic heterocycles. The van der Waals surface area contributed by atoms with Crippen molar-refractivity contribution >= 4 is 21.4 Å². The van der Waals surface area contributed by atoms with Crippen molar-refractivity contribution in [1.82, 2.24) is 14.9 Å². The van der Waals surface area contributed by atoms with E-state index in [0.29, 0.717) is 4.21 Å². The van der Waals surface area contributed by atoms with Gasteiger partial charge in [-0.3, -0.25) is 0 Å². The van der Waals surface area contributed by atoms with Gasteiger partial charge in [0.05, 0.1) is 0 Å². The van der Waals surface area contributed by atoms with Crippen LogP contribution in [-0.2, 0) is 16.4 Å². The lowest BCUT2D eigenvalue weighted by molar-refractivity contribution is 0.379. The largest absolute Gasteiger partial charge is 0.319 e. The van der Waals surface area contributed by atoms with Crippen molar-refractivity contribution < 1.29 is 8.42 Å². The van der Waals surface area contributed by atoms with Gasteiger partial charge in [0.2, 0.25) is 10.0 Å². The van der Waals surface area contributed by atoms with Crippen LogP contribution in [0.4, 0.5) is 0 Å². The lowest BCUT2D eigenvalue weighted by atomic mass is 10.2. The SMILES string of the molecule is CNCCc1ccc(S(=O)(=O)NC(C)CCN(C)C)s1. The maximum absolute atomic E-state index is 12.2. The van der Waals surface area contributed by atoms with Gasteiger partial charge in [-0.1, -0.05) is 0 Å². The number of hydrogen-bond donors (Lipinski definition) is 2. The van der Waals surface area contributed by atoms with E-state index in [-0.39, 0.29) is 6.04 Å². The number of likely N-dealkylation sites (N-methyl/N-ethyl adjacent to an activating group) is 1. The maximum atomic E-state index is 12.2. The minimum absolute atomic E-state index is 0.0646. The fourth-order valence-electron chi connectivity index (χ4n) is 1.72. The zero-order valence-electron chi connectivity index (χ0n) is 12.6. The quantitative estimate of drug-likeness (QED) is 0.716. The number of nitrogens with zero attached hydrogens (tertiary/aromatic N) is 1. The van der Waals surface area contributed by atoms with Crippen molar-refractivity contribution in [2.45, 2.75) is 30.0 Å². The molecule has 0 saturated heterocycles. The first-order valence-corrected chi connectivity index (χ1v) is 9.05. The number of thiophene rings is 1. The molecule has 0 aliphatic carbocycles. The van der Waals surface area contributed by atoms with Gasteiger partial charge in [-0.25, -0.2) is 13.1 Å². The summed E-state index contributed by atoms with van der Waals surface area (Å²) in [5.74, 6) is 0. The Morgan fingerprint density at radius 2 is 2.05 bits per heavy atom. The van der Waals surface area contributed by atoms with E-state index in [2.05, 4.69) is 10.0 Å². The molecule has 0 radical (unpaired) electrons. The Morgan fingerprint density at radius 3 is 2.65 bits per heavy atom. The standard InChI is InChI=1S/C13H25N3O2S2/c1-11(8-10-16(3)4)15-20(17,18)13-6-5-12(19-13)7-9-14-2/h5-6,11,14-15H,7-10H2,1-4H3. The highest BCUT2D eigenvalue weighted by atomic mass is 32.2. The zero-order valence-corrected chi connectivity index (χ0v) is 14.3. The Bertz CT molecular complexity index is 497. The Kier molecular flexibility index (Phi) is 7.11. The molecule has 1 aromatic heterocycles. The van der Waals surface area contributed by atoms with E-state index in [0.717, 1.165) is 30.8 Å². The second-order valence-corrected chi connectivity index (χ2v) is 8.30. The number of sulfonamides is 1. The van der Waals surface area contributed by atoms with Crippen LogP contribution in [0.15, 0.2) is 16.3 Å². The normalized spacial score (nSPS) is 13.8. The molecule has 5 nitrogen and oxygen atoms in total. The van der Waals surface area contributed by atoms with E-state index in [4.69, 9.17) is 0 Å². The van der Waals surface area contributed by atoms with Gasteiger partial charge in [0.15, 0.2) is 0 Å². The highest BCUT2D eigenvalue weighted by molar-refractivity contribution is 7.91. The second-order valence-electron chi connectivity index (χ2n) is 5.19. The lowest BCUT2D eigenvalue weighted by Gasteiger charge is -2.16.